The van der Waals surface area contributed by atoms with E-state index in [1.54, 1.807) is 0 Å². The van der Waals surface area contributed by atoms with Gasteiger partial charge in [0.15, 0.2) is 8.07 Å². The smallest absolute Gasteiger partial charge is 0.179 e. The number of hydrogen-bond donors (Lipinski definition) is 0. The fourth-order valence-electron chi connectivity index (χ4n) is 18.7. The molecule has 1 aliphatic heterocycles. The maximum absolute atomic E-state index is 6.71. The molecule has 0 fully saturated rings. The van der Waals surface area contributed by atoms with Crippen molar-refractivity contribution in [2.45, 2.75) is 12.3 Å². The van der Waals surface area contributed by atoms with Crippen LogP contribution in [-0.4, -0.2) is 26.3 Å². The Hall–Kier alpha value is -13.6. The summed E-state index contributed by atoms with van der Waals surface area (Å²) in [6, 6.07) is 121. The molecule has 1 aliphatic carbocycles. The zero-order valence-electron chi connectivity index (χ0n) is 56.5. The number of furan rings is 3. The Bertz CT molecular complexity index is 6970. The predicted molar refractivity (Wildman–Crippen MR) is 433 cm³/mol. The number of aromatic nitrogens is 4. The average Bonchev–Trinajstić information content (AvgIpc) is 0.773. The lowest BCUT2D eigenvalue weighted by Crippen LogP contribution is -2.74. The van der Waals surface area contributed by atoms with Gasteiger partial charge in [-0.1, -0.05) is 194 Å². The minimum atomic E-state index is -3.47. The number of ether oxygens (including phenoxy) is 1. The molecule has 0 saturated heterocycles. The van der Waals surface area contributed by atoms with E-state index in [0.29, 0.717) is 0 Å². The highest BCUT2D eigenvalue weighted by Gasteiger charge is 2.43. The van der Waals surface area contributed by atoms with Crippen LogP contribution in [0.15, 0.2) is 347 Å². The summed E-state index contributed by atoms with van der Waals surface area (Å²) in [4.78, 5) is 0. The molecule has 0 saturated carbocycles. The van der Waals surface area contributed by atoms with E-state index in [4.69, 9.17) is 18.0 Å². The number of allylic oxidation sites excluding steroid dienone is 1. The second kappa shape index (κ2) is 21.2. The minimum absolute atomic E-state index is 0.166. The number of rotatable bonds is 8. The van der Waals surface area contributed by atoms with Crippen LogP contribution in [0.3, 0.4) is 0 Å². The lowest BCUT2D eigenvalue weighted by molar-refractivity contribution is 0.429. The Labute approximate surface area is 600 Å². The van der Waals surface area contributed by atoms with E-state index in [1.807, 2.05) is 18.2 Å². The van der Waals surface area contributed by atoms with Crippen molar-refractivity contribution < 1.29 is 18.0 Å². The normalized spacial score (nSPS) is 13.9. The molecule has 0 bridgehead atoms. The molecule has 7 aromatic heterocycles. The molecule has 0 radical (unpaired) electrons. The van der Waals surface area contributed by atoms with Crippen LogP contribution in [0.2, 0.25) is 0 Å². The van der Waals surface area contributed by atoms with E-state index in [1.165, 1.54) is 75.1 Å². The van der Waals surface area contributed by atoms with Crippen molar-refractivity contribution in [1.82, 2.24) is 18.3 Å². The predicted octanol–water partition coefficient (Wildman–Crippen LogP) is 22.1. The molecule has 0 N–H and O–H groups in total. The quantitative estimate of drug-likeness (QED) is 0.112. The van der Waals surface area contributed by atoms with Gasteiger partial charge < -0.3 is 36.3 Å². The number of para-hydroxylation sites is 8. The van der Waals surface area contributed by atoms with Crippen molar-refractivity contribution in [2.75, 3.05) is 0 Å². The van der Waals surface area contributed by atoms with Crippen molar-refractivity contribution in [1.29, 1.82) is 0 Å². The molecule has 0 amide bonds. The Morgan fingerprint density at radius 1 is 0.257 bits per heavy atom. The molecular formula is C96H58N4O4Si. The minimum Gasteiger partial charge on any atom is -0.461 e. The lowest BCUT2D eigenvalue weighted by Gasteiger charge is -2.35. The van der Waals surface area contributed by atoms with Crippen LogP contribution in [0.4, 0.5) is 0 Å². The van der Waals surface area contributed by atoms with Crippen molar-refractivity contribution in [3.8, 4) is 28.5 Å². The summed E-state index contributed by atoms with van der Waals surface area (Å²) in [5.41, 5.74) is 21.1. The van der Waals surface area contributed by atoms with Gasteiger partial charge in [-0.15, -0.1) is 0 Å². The number of fused-ring (bicyclic) bond motifs is 24. The van der Waals surface area contributed by atoms with E-state index in [0.717, 1.165) is 145 Å². The second-order valence-corrected chi connectivity index (χ2v) is 32.4. The fourth-order valence-corrected chi connectivity index (χ4v) is 23.4. The highest BCUT2D eigenvalue weighted by molar-refractivity contribution is 7.20. The summed E-state index contributed by atoms with van der Waals surface area (Å²) in [5, 5.41) is 20.0. The number of benzene rings is 15. The van der Waals surface area contributed by atoms with Crippen LogP contribution in [-0.2, 0) is 6.42 Å². The number of nitrogens with zero attached hydrogens (tertiary/aromatic N) is 4. The van der Waals surface area contributed by atoms with Crippen molar-refractivity contribution in [2.24, 2.45) is 0 Å². The summed E-state index contributed by atoms with van der Waals surface area (Å²) in [6.07, 6.45) is 3.17. The molecule has 1 unspecified atom stereocenters. The largest absolute Gasteiger partial charge is 0.461 e. The third kappa shape index (κ3) is 7.93. The molecule has 9 heteroatoms. The topological polar surface area (TPSA) is 68.4 Å². The van der Waals surface area contributed by atoms with Gasteiger partial charge in [0.1, 0.15) is 45.0 Å². The maximum atomic E-state index is 6.71. The zero-order chi connectivity index (χ0) is 68.3. The first-order valence-corrected chi connectivity index (χ1v) is 38.1. The summed E-state index contributed by atoms with van der Waals surface area (Å²) in [5.74, 6) is 2.12. The van der Waals surface area contributed by atoms with Crippen LogP contribution in [0, 0.1) is 0 Å². The van der Waals surface area contributed by atoms with E-state index < -0.39 is 8.07 Å². The molecule has 2 aliphatic rings. The highest BCUT2D eigenvalue weighted by atomic mass is 28.3. The van der Waals surface area contributed by atoms with Crippen molar-refractivity contribution >= 4 is 177 Å². The number of hydrogen-bond acceptors (Lipinski definition) is 4. The molecule has 24 rings (SSSR count). The SMILES string of the molecule is C1=C2Oc3ccccc3C2Cc2c1n(-c1ccc([Si](c3ccc(-n4c5ccccc5c5cc6c(cc54)oc4ccccc46)cc3)(c3ccc(-n4c5ccccc5c5cc6c(cc54)oc4ccccc46)cc3)c3ccc(-n4c5ccccc5c5cc6c(cc54)oc4ccccc46)cc3)cc1)c1ccccc21. The summed E-state index contributed by atoms with van der Waals surface area (Å²) in [7, 11) is -3.47. The molecule has 1 atom stereocenters. The fraction of sp³-hybridized carbons (Fsp3) is 0.0208. The van der Waals surface area contributed by atoms with Crippen LogP contribution < -0.4 is 25.5 Å². The molecular weight excluding hydrogens is 1300 g/mol. The van der Waals surface area contributed by atoms with Crippen LogP contribution in [0.1, 0.15) is 22.7 Å². The maximum Gasteiger partial charge on any atom is 0.179 e. The third-order valence-electron chi connectivity index (χ3n) is 23.3. The molecule has 8 nitrogen and oxygen atoms in total. The van der Waals surface area contributed by atoms with Crippen LogP contribution >= 0.6 is 0 Å². The summed E-state index contributed by atoms with van der Waals surface area (Å²) in [6.45, 7) is 0. The van der Waals surface area contributed by atoms with Crippen molar-refractivity contribution in [3.05, 3.63) is 350 Å². The summed E-state index contributed by atoms with van der Waals surface area (Å²) < 4.78 is 36.4. The Kier molecular flexibility index (Phi) is 11.5. The van der Waals surface area contributed by atoms with Crippen LogP contribution in [0.5, 0.6) is 5.75 Å². The van der Waals surface area contributed by atoms with Gasteiger partial charge in [0.25, 0.3) is 0 Å². The Balaban J connectivity index is 0.744. The van der Waals surface area contributed by atoms with Gasteiger partial charge in [0, 0.05) is 123 Å². The first-order chi connectivity index (χ1) is 52.0. The average molecular weight is 1360 g/mol. The van der Waals surface area contributed by atoms with Gasteiger partial charge in [-0.3, -0.25) is 0 Å². The standard InChI is InChI=1S/C96H58N4O4Si/c1-9-25-81-65(17-1)73-49-77-69-21-5-13-29-89(69)101-93(77)53-85(73)97(81)57-33-41-61(42-34-57)105(62-43-35-58(36-44-62)98-82-26-10-2-18-66(82)74-50-78-70-22-6-14-30-90(70)102-94(78)54-86(74)98,63-45-37-59(38-46-63)99-83-27-11-3-19-67(83)75-51-79-71-23-7-15-31-91(71)103-95(79)55-87(75)99)64-47-39-60(40-48-64)100-84-28-12-4-20-68(84)76-52-80-72-24-8-16-32-92(72)104-96(80)56-88(76)100/h1-51,53-56,80H,52H2. The molecule has 8 heterocycles. The monoisotopic (exact) mass is 1360 g/mol. The first-order valence-electron chi connectivity index (χ1n) is 36.1. The summed E-state index contributed by atoms with van der Waals surface area (Å²) >= 11 is 0. The first kappa shape index (κ1) is 57.1. The van der Waals surface area contributed by atoms with E-state index in [9.17, 15) is 0 Å². The molecule has 105 heavy (non-hydrogen) atoms. The molecule has 490 valence electrons. The van der Waals surface area contributed by atoms with Crippen molar-refractivity contribution in [3.63, 3.8) is 0 Å². The van der Waals surface area contributed by atoms with Gasteiger partial charge in [-0.25, -0.2) is 0 Å². The van der Waals surface area contributed by atoms with E-state index in [2.05, 4.69) is 334 Å². The van der Waals surface area contributed by atoms with Gasteiger partial charge in [0.2, 0.25) is 0 Å². The van der Waals surface area contributed by atoms with Crippen LogP contribution in [0.25, 0.3) is 171 Å². The van der Waals surface area contributed by atoms with E-state index >= 15 is 0 Å². The molecule has 0 spiro atoms. The third-order valence-corrected chi connectivity index (χ3v) is 28.1. The Morgan fingerprint density at radius 2 is 0.581 bits per heavy atom. The van der Waals surface area contributed by atoms with Gasteiger partial charge >= 0.3 is 0 Å². The zero-order valence-corrected chi connectivity index (χ0v) is 57.5. The Morgan fingerprint density at radius 3 is 0.981 bits per heavy atom. The van der Waals surface area contributed by atoms with Gasteiger partial charge in [0.05, 0.1) is 50.2 Å². The highest BCUT2D eigenvalue weighted by Crippen LogP contribution is 2.49. The lowest BCUT2D eigenvalue weighted by atomic mass is 9.86. The second-order valence-electron chi connectivity index (χ2n) is 28.5. The molecule has 22 aromatic rings. The van der Waals surface area contributed by atoms with Gasteiger partial charge in [-0.2, -0.15) is 0 Å². The van der Waals surface area contributed by atoms with E-state index in [-0.39, 0.29) is 5.92 Å². The molecule has 15 aromatic carbocycles. The van der Waals surface area contributed by atoms with Gasteiger partial charge in [-0.05, 0) is 148 Å².